The minimum absolute atomic E-state index is 0.0821. The molecule has 0 radical (unpaired) electrons. The number of rotatable bonds is 4. The number of ether oxygens (including phenoxy) is 1. The van der Waals surface area contributed by atoms with E-state index in [1.807, 2.05) is 6.92 Å². The second-order valence-electron chi connectivity index (χ2n) is 6.93. The van der Waals surface area contributed by atoms with E-state index < -0.39 is 35.1 Å². The van der Waals surface area contributed by atoms with Crippen molar-refractivity contribution in [3.63, 3.8) is 0 Å². The molecule has 1 aliphatic rings. The van der Waals surface area contributed by atoms with Crippen molar-refractivity contribution in [1.82, 2.24) is 4.57 Å². The zero-order chi connectivity index (χ0) is 21.3. The van der Waals surface area contributed by atoms with E-state index in [1.165, 1.54) is 22.8 Å². The molecular formula is C21H21F3N2O3. The number of benzene rings is 1. The topological polar surface area (TPSA) is 60.7 Å². The summed E-state index contributed by atoms with van der Waals surface area (Å²) in [7, 11) is 1.16. The van der Waals surface area contributed by atoms with Gasteiger partial charge in [-0.2, -0.15) is 13.2 Å². The Morgan fingerprint density at radius 3 is 2.55 bits per heavy atom. The van der Waals surface area contributed by atoms with Crippen molar-refractivity contribution in [3.8, 4) is 0 Å². The fourth-order valence-electron chi connectivity index (χ4n) is 3.85. The molecule has 0 fully saturated rings. The van der Waals surface area contributed by atoms with Crippen molar-refractivity contribution in [2.45, 2.75) is 38.9 Å². The Morgan fingerprint density at radius 2 is 1.93 bits per heavy atom. The average Bonchev–Trinajstić information content (AvgIpc) is 2.68. The predicted octanol–water partition coefficient (Wildman–Crippen LogP) is 4.30. The second kappa shape index (κ2) is 7.85. The molecule has 3 rings (SSSR count). The molecule has 29 heavy (non-hydrogen) atoms. The van der Waals surface area contributed by atoms with Crippen LogP contribution in [0.15, 0.2) is 46.3 Å². The molecule has 8 heteroatoms. The quantitative estimate of drug-likeness (QED) is 0.711. The molecular weight excluding hydrogens is 385 g/mol. The van der Waals surface area contributed by atoms with E-state index in [0.717, 1.165) is 13.2 Å². The number of nitrogens with zero attached hydrogens (tertiary/aromatic N) is 2. The third-order valence-electron chi connectivity index (χ3n) is 5.09. The number of hydrogen-bond acceptors (Lipinski definition) is 4. The van der Waals surface area contributed by atoms with Crippen LogP contribution < -0.4 is 5.56 Å². The van der Waals surface area contributed by atoms with Crippen LogP contribution in [-0.4, -0.2) is 23.4 Å². The maximum Gasteiger partial charge on any atom is 0.416 e. The number of halogens is 3. The molecule has 0 bridgehead atoms. The first-order valence-electron chi connectivity index (χ1n) is 9.23. The molecule has 0 N–H and O–H groups in total. The largest absolute Gasteiger partial charge is 0.468 e. The average molecular weight is 406 g/mol. The highest BCUT2D eigenvalue weighted by atomic mass is 19.4. The van der Waals surface area contributed by atoms with E-state index in [1.54, 1.807) is 19.2 Å². The van der Waals surface area contributed by atoms with Gasteiger partial charge in [0.1, 0.15) is 5.92 Å². The van der Waals surface area contributed by atoms with Gasteiger partial charge in [-0.25, -0.2) is 0 Å². The Labute approximate surface area is 165 Å². The van der Waals surface area contributed by atoms with E-state index in [0.29, 0.717) is 18.7 Å². The highest BCUT2D eigenvalue weighted by Gasteiger charge is 2.44. The molecule has 2 unspecified atom stereocenters. The summed E-state index contributed by atoms with van der Waals surface area (Å²) in [6.07, 6.45) is -2.39. The van der Waals surface area contributed by atoms with Gasteiger partial charge in [0, 0.05) is 24.4 Å². The number of alkyl halides is 3. The van der Waals surface area contributed by atoms with Gasteiger partial charge in [0.05, 0.1) is 23.9 Å². The van der Waals surface area contributed by atoms with Crippen LogP contribution in [0.2, 0.25) is 0 Å². The number of aryl methyl sites for hydroxylation is 1. The molecule has 0 aliphatic carbocycles. The lowest BCUT2D eigenvalue weighted by Crippen LogP contribution is -2.38. The Kier molecular flexibility index (Phi) is 5.64. The second-order valence-corrected chi connectivity index (χ2v) is 6.93. The number of fused-ring (bicyclic) bond motifs is 1. The van der Waals surface area contributed by atoms with Gasteiger partial charge in [0.2, 0.25) is 0 Å². The fourth-order valence-corrected chi connectivity index (χ4v) is 3.85. The van der Waals surface area contributed by atoms with E-state index in [9.17, 15) is 22.8 Å². The number of esters is 1. The van der Waals surface area contributed by atoms with Crippen molar-refractivity contribution in [1.29, 1.82) is 0 Å². The monoisotopic (exact) mass is 406 g/mol. The number of methoxy groups -OCH3 is 1. The summed E-state index contributed by atoms with van der Waals surface area (Å²) in [5, 5.41) is 0. The number of pyridine rings is 1. The number of carbonyl (C=O) groups excluding carboxylic acids is 1. The molecule has 0 amide bonds. The molecule has 1 aromatic carbocycles. The Morgan fingerprint density at radius 1 is 1.24 bits per heavy atom. The van der Waals surface area contributed by atoms with Crippen LogP contribution in [0.5, 0.6) is 0 Å². The molecule has 2 heterocycles. The molecule has 2 atom stereocenters. The standard InChI is InChI=1S/C21H21F3N2O3/c1-4-10-26-11-9-15-18(19(26)27)17(16(12(2)25-15)20(28)29-3)13-7-5-6-8-14(13)21(22,23)24/h5-9,11,16-17H,4,10H2,1-3H3. The first-order valence-corrected chi connectivity index (χ1v) is 9.23. The maximum absolute atomic E-state index is 13.8. The Balaban J connectivity index is 2.37. The maximum atomic E-state index is 13.8. The van der Waals surface area contributed by atoms with E-state index in [4.69, 9.17) is 4.74 Å². The first kappa shape index (κ1) is 20.8. The van der Waals surface area contributed by atoms with Gasteiger partial charge in [0.15, 0.2) is 0 Å². The number of carbonyl (C=O) groups is 1. The summed E-state index contributed by atoms with van der Waals surface area (Å²) < 4.78 is 47.6. The van der Waals surface area contributed by atoms with Crippen molar-refractivity contribution < 1.29 is 22.7 Å². The molecule has 2 aromatic rings. The number of aromatic nitrogens is 1. The van der Waals surface area contributed by atoms with Crippen molar-refractivity contribution in [3.05, 3.63) is 63.6 Å². The van der Waals surface area contributed by atoms with Gasteiger partial charge in [-0.1, -0.05) is 25.1 Å². The van der Waals surface area contributed by atoms with Gasteiger partial charge in [-0.15, -0.1) is 0 Å². The molecule has 0 spiro atoms. The minimum Gasteiger partial charge on any atom is -0.468 e. The van der Waals surface area contributed by atoms with Gasteiger partial charge in [-0.3, -0.25) is 14.6 Å². The third kappa shape index (κ3) is 3.71. The van der Waals surface area contributed by atoms with Crippen LogP contribution in [0.25, 0.3) is 0 Å². The van der Waals surface area contributed by atoms with Crippen LogP contribution in [0.1, 0.15) is 42.9 Å². The molecule has 0 saturated heterocycles. The summed E-state index contributed by atoms with van der Waals surface area (Å²) in [5.41, 5.74) is -0.807. The van der Waals surface area contributed by atoms with Crippen molar-refractivity contribution in [2.75, 3.05) is 7.11 Å². The lowest BCUT2D eigenvalue weighted by molar-refractivity contribution is -0.144. The fraction of sp³-hybridized carbons (Fsp3) is 0.381. The Hall–Kier alpha value is -2.90. The summed E-state index contributed by atoms with van der Waals surface area (Å²) in [5.74, 6) is -3.00. The first-order chi connectivity index (χ1) is 13.7. The summed E-state index contributed by atoms with van der Waals surface area (Å²) in [6.45, 7) is 3.86. The Bertz CT molecular complexity index is 1020. The lowest BCUT2D eigenvalue weighted by atomic mass is 9.75. The van der Waals surface area contributed by atoms with E-state index in [-0.39, 0.29) is 16.8 Å². The van der Waals surface area contributed by atoms with Gasteiger partial charge in [0.25, 0.3) is 5.56 Å². The summed E-state index contributed by atoms with van der Waals surface area (Å²) >= 11 is 0. The van der Waals surface area contributed by atoms with E-state index >= 15 is 0 Å². The normalized spacial score (nSPS) is 18.8. The van der Waals surface area contributed by atoms with Gasteiger partial charge < -0.3 is 9.30 Å². The van der Waals surface area contributed by atoms with Crippen LogP contribution in [-0.2, 0) is 22.3 Å². The summed E-state index contributed by atoms with van der Waals surface area (Å²) in [6, 6.07) is 6.62. The van der Waals surface area contributed by atoms with Crippen molar-refractivity contribution >= 4 is 17.4 Å². The smallest absolute Gasteiger partial charge is 0.416 e. The van der Waals surface area contributed by atoms with E-state index in [2.05, 4.69) is 4.99 Å². The zero-order valence-corrected chi connectivity index (χ0v) is 16.3. The third-order valence-corrected chi connectivity index (χ3v) is 5.09. The van der Waals surface area contributed by atoms with Gasteiger partial charge in [-0.05, 0) is 31.0 Å². The molecule has 1 aromatic heterocycles. The SMILES string of the molecule is CCCn1ccc2c(c1=O)C(c1ccccc1C(F)(F)F)C(C(=O)OC)C(C)=N2. The molecule has 5 nitrogen and oxygen atoms in total. The molecule has 0 saturated carbocycles. The van der Waals surface area contributed by atoms with Crippen LogP contribution in [0.4, 0.5) is 18.9 Å². The van der Waals surface area contributed by atoms with Gasteiger partial charge >= 0.3 is 12.1 Å². The van der Waals surface area contributed by atoms with Crippen LogP contribution in [0.3, 0.4) is 0 Å². The summed E-state index contributed by atoms with van der Waals surface area (Å²) in [4.78, 5) is 30.1. The minimum atomic E-state index is -4.64. The lowest BCUT2D eigenvalue weighted by Gasteiger charge is -2.32. The predicted molar refractivity (Wildman–Crippen MR) is 103 cm³/mol. The highest BCUT2D eigenvalue weighted by molar-refractivity contribution is 6.05. The van der Waals surface area contributed by atoms with Crippen LogP contribution in [0, 0.1) is 5.92 Å². The van der Waals surface area contributed by atoms with Crippen LogP contribution >= 0.6 is 0 Å². The number of aliphatic imine (C=N–C) groups is 1. The number of hydrogen-bond donors (Lipinski definition) is 0. The highest BCUT2D eigenvalue weighted by Crippen LogP contribution is 2.45. The molecule has 1 aliphatic heterocycles. The molecule has 154 valence electrons. The van der Waals surface area contributed by atoms with Crippen molar-refractivity contribution in [2.24, 2.45) is 10.9 Å². The zero-order valence-electron chi connectivity index (χ0n) is 16.3.